The van der Waals surface area contributed by atoms with Gasteiger partial charge in [-0.25, -0.2) is 9.97 Å². The van der Waals surface area contributed by atoms with E-state index in [2.05, 4.69) is 15.0 Å². The number of alkyl halides is 6. The molecule has 138 valence electrons. The van der Waals surface area contributed by atoms with Crippen molar-refractivity contribution in [3.05, 3.63) is 36.3 Å². The zero-order chi connectivity index (χ0) is 19.1. The van der Waals surface area contributed by atoms with Gasteiger partial charge in [-0.3, -0.25) is 4.98 Å². The molecule has 0 atom stereocenters. The number of hydrogen-bond donors (Lipinski definition) is 0. The summed E-state index contributed by atoms with van der Waals surface area (Å²) >= 11 is 0. The summed E-state index contributed by atoms with van der Waals surface area (Å²) in [4.78, 5) is 11.5. The molecule has 0 saturated heterocycles. The summed E-state index contributed by atoms with van der Waals surface area (Å²) < 4.78 is 81.7. The fourth-order valence-corrected chi connectivity index (χ4v) is 2.31. The second-order valence-electron chi connectivity index (χ2n) is 5.33. The van der Waals surface area contributed by atoms with Gasteiger partial charge in [0.05, 0.1) is 17.3 Å². The van der Waals surface area contributed by atoms with E-state index in [1.165, 1.54) is 23.9 Å². The highest BCUT2D eigenvalue weighted by Crippen LogP contribution is 2.34. The highest BCUT2D eigenvalue weighted by molar-refractivity contribution is 5.79. The lowest BCUT2D eigenvalue weighted by Crippen LogP contribution is -2.19. The van der Waals surface area contributed by atoms with Gasteiger partial charge in [0.2, 0.25) is 0 Å². The Labute approximate surface area is 142 Å². The monoisotopic (exact) mass is 376 g/mol. The van der Waals surface area contributed by atoms with E-state index in [0.717, 1.165) is 12.3 Å². The molecule has 3 aromatic heterocycles. The molecule has 0 aromatic carbocycles. The van der Waals surface area contributed by atoms with Crippen molar-refractivity contribution in [1.82, 2.24) is 19.5 Å². The number of imidazole rings is 1. The van der Waals surface area contributed by atoms with E-state index < -0.39 is 24.5 Å². The van der Waals surface area contributed by atoms with Gasteiger partial charge in [0.15, 0.2) is 12.3 Å². The molecule has 0 aliphatic carbocycles. The molecule has 3 heterocycles. The number of ether oxygens (including phenoxy) is 1. The van der Waals surface area contributed by atoms with E-state index >= 15 is 0 Å². The first-order valence-corrected chi connectivity index (χ1v) is 7.10. The molecule has 0 amide bonds. The quantitative estimate of drug-likeness (QED) is 0.649. The molecule has 0 radical (unpaired) electrons. The van der Waals surface area contributed by atoms with E-state index in [1.807, 2.05) is 0 Å². The summed E-state index contributed by atoms with van der Waals surface area (Å²) in [6.45, 7) is -1.54. The predicted octanol–water partition coefficient (Wildman–Crippen LogP) is 3.99. The molecule has 0 unspecified atom stereocenters. The second kappa shape index (κ2) is 6.15. The summed E-state index contributed by atoms with van der Waals surface area (Å²) in [7, 11) is 1.49. The lowest BCUT2D eigenvalue weighted by molar-refractivity contribution is -0.153. The summed E-state index contributed by atoms with van der Waals surface area (Å²) in [5, 5.41) is 0. The van der Waals surface area contributed by atoms with Gasteiger partial charge in [0, 0.05) is 19.4 Å². The van der Waals surface area contributed by atoms with Gasteiger partial charge in [0.1, 0.15) is 17.1 Å². The minimum Gasteiger partial charge on any atom is -0.482 e. The Morgan fingerprint density at radius 3 is 2.50 bits per heavy atom. The molecule has 0 saturated carbocycles. The van der Waals surface area contributed by atoms with E-state index in [1.54, 1.807) is 0 Å². The predicted molar refractivity (Wildman–Crippen MR) is 78.3 cm³/mol. The van der Waals surface area contributed by atoms with Crippen molar-refractivity contribution >= 4 is 11.2 Å². The summed E-state index contributed by atoms with van der Waals surface area (Å²) in [6, 6.07) is 2.18. The number of halogens is 6. The molecule has 0 aliphatic rings. The molecule has 0 aliphatic heterocycles. The smallest absolute Gasteiger partial charge is 0.422 e. The number of hydrogen-bond acceptors (Lipinski definition) is 4. The zero-order valence-electron chi connectivity index (χ0n) is 13.1. The van der Waals surface area contributed by atoms with Crippen LogP contribution in [0.5, 0.6) is 5.75 Å². The van der Waals surface area contributed by atoms with Gasteiger partial charge < -0.3 is 9.30 Å². The maximum atomic E-state index is 12.8. The summed E-state index contributed by atoms with van der Waals surface area (Å²) in [5.74, 6) is -0.0920. The Morgan fingerprint density at radius 2 is 1.85 bits per heavy atom. The maximum Gasteiger partial charge on any atom is 0.422 e. The molecule has 3 aromatic rings. The van der Waals surface area contributed by atoms with Gasteiger partial charge in [-0.15, -0.1) is 0 Å². The van der Waals surface area contributed by atoms with Crippen LogP contribution < -0.4 is 4.74 Å². The number of nitrogens with zero attached hydrogens (tertiary/aromatic N) is 4. The number of pyridine rings is 2. The van der Waals surface area contributed by atoms with Gasteiger partial charge in [-0.2, -0.15) is 26.3 Å². The fraction of sp³-hybridized carbons (Fsp3) is 0.267. The number of aromatic nitrogens is 4. The van der Waals surface area contributed by atoms with Crippen molar-refractivity contribution in [2.24, 2.45) is 7.05 Å². The first-order chi connectivity index (χ1) is 12.1. The molecule has 0 bridgehead atoms. The SMILES string of the molecule is Cn1c(-c2ccncc2OCC(F)(F)F)nc2cc(C(F)(F)F)cnc21. The van der Waals surface area contributed by atoms with Crippen LogP contribution in [0.15, 0.2) is 30.7 Å². The third kappa shape index (κ3) is 3.55. The van der Waals surface area contributed by atoms with Crippen LogP contribution in [-0.4, -0.2) is 32.3 Å². The van der Waals surface area contributed by atoms with Crippen LogP contribution >= 0.6 is 0 Å². The summed E-state index contributed by atoms with van der Waals surface area (Å²) in [6.07, 6.45) is -6.08. The van der Waals surface area contributed by atoms with Gasteiger partial charge in [-0.05, 0) is 12.1 Å². The molecular formula is C15H10F6N4O. The molecule has 26 heavy (non-hydrogen) atoms. The average Bonchev–Trinajstić information content (AvgIpc) is 2.88. The third-order valence-corrected chi connectivity index (χ3v) is 3.45. The number of rotatable bonds is 3. The topological polar surface area (TPSA) is 52.8 Å². The van der Waals surface area contributed by atoms with Crippen molar-refractivity contribution < 1.29 is 31.1 Å². The largest absolute Gasteiger partial charge is 0.482 e. The Bertz CT molecular complexity index is 947. The standard InChI is InChI=1S/C15H10F6N4O/c1-25-12(9-2-3-22-6-11(9)26-7-14(16,17)18)24-10-4-8(15(19,20)21)5-23-13(10)25/h2-6H,7H2,1H3. The second-order valence-corrected chi connectivity index (χ2v) is 5.33. The molecular weight excluding hydrogens is 366 g/mol. The van der Waals surface area contributed by atoms with Crippen LogP contribution in [0.1, 0.15) is 5.56 Å². The Hall–Kier alpha value is -2.85. The van der Waals surface area contributed by atoms with E-state index in [0.29, 0.717) is 6.20 Å². The highest BCUT2D eigenvalue weighted by atomic mass is 19.4. The fourth-order valence-electron chi connectivity index (χ4n) is 2.31. The van der Waals surface area contributed by atoms with Crippen molar-refractivity contribution in [3.63, 3.8) is 0 Å². The number of fused-ring (bicyclic) bond motifs is 1. The van der Waals surface area contributed by atoms with Gasteiger partial charge in [0.25, 0.3) is 0 Å². The van der Waals surface area contributed by atoms with Crippen LogP contribution in [0.3, 0.4) is 0 Å². The van der Waals surface area contributed by atoms with Gasteiger partial charge >= 0.3 is 12.4 Å². The van der Waals surface area contributed by atoms with Crippen molar-refractivity contribution in [1.29, 1.82) is 0 Å². The first-order valence-electron chi connectivity index (χ1n) is 7.10. The van der Waals surface area contributed by atoms with Gasteiger partial charge in [-0.1, -0.05) is 0 Å². The van der Waals surface area contributed by atoms with E-state index in [9.17, 15) is 26.3 Å². The minimum atomic E-state index is -4.59. The molecule has 0 fully saturated rings. The lowest BCUT2D eigenvalue weighted by atomic mass is 10.2. The van der Waals surface area contributed by atoms with Crippen LogP contribution in [-0.2, 0) is 13.2 Å². The zero-order valence-corrected chi connectivity index (χ0v) is 13.1. The Balaban J connectivity index is 2.07. The Kier molecular flexibility index (Phi) is 4.24. The molecule has 0 spiro atoms. The first kappa shape index (κ1) is 18.0. The summed E-state index contributed by atoms with van der Waals surface area (Å²) in [5.41, 5.74) is -0.723. The maximum absolute atomic E-state index is 12.8. The third-order valence-electron chi connectivity index (χ3n) is 3.45. The Morgan fingerprint density at radius 1 is 1.12 bits per heavy atom. The van der Waals surface area contributed by atoms with E-state index in [4.69, 9.17) is 4.74 Å². The van der Waals surface area contributed by atoms with Crippen molar-refractivity contribution in [2.75, 3.05) is 6.61 Å². The molecule has 5 nitrogen and oxygen atoms in total. The van der Waals surface area contributed by atoms with Crippen LogP contribution in [0.4, 0.5) is 26.3 Å². The molecule has 11 heteroatoms. The van der Waals surface area contributed by atoms with Crippen LogP contribution in [0, 0.1) is 0 Å². The van der Waals surface area contributed by atoms with E-state index in [-0.39, 0.29) is 28.3 Å². The minimum absolute atomic E-state index is 0.0455. The number of aryl methyl sites for hydroxylation is 1. The lowest BCUT2D eigenvalue weighted by Gasteiger charge is -2.12. The molecule has 3 rings (SSSR count). The average molecular weight is 376 g/mol. The highest BCUT2D eigenvalue weighted by Gasteiger charge is 2.32. The normalized spacial score (nSPS) is 12.6. The van der Waals surface area contributed by atoms with Crippen LogP contribution in [0.25, 0.3) is 22.6 Å². The van der Waals surface area contributed by atoms with Crippen molar-refractivity contribution in [2.45, 2.75) is 12.4 Å². The van der Waals surface area contributed by atoms with Crippen LogP contribution in [0.2, 0.25) is 0 Å². The van der Waals surface area contributed by atoms with Crippen molar-refractivity contribution in [3.8, 4) is 17.1 Å². The molecule has 0 N–H and O–H groups in total.